The number of ketones is 1. The summed E-state index contributed by atoms with van der Waals surface area (Å²) in [7, 11) is 0. The van der Waals surface area contributed by atoms with E-state index in [1.165, 1.54) is 17.8 Å². The first-order valence-corrected chi connectivity index (χ1v) is 8.02. The maximum atomic E-state index is 13.7. The molecule has 0 fully saturated rings. The van der Waals surface area contributed by atoms with Crippen molar-refractivity contribution in [2.75, 3.05) is 5.75 Å². The van der Waals surface area contributed by atoms with Crippen molar-refractivity contribution in [3.05, 3.63) is 53.1 Å². The average Bonchev–Trinajstić information content (AvgIpc) is 3.12. The number of hydrogen-bond donors (Lipinski definition) is 2. The van der Waals surface area contributed by atoms with E-state index in [0.29, 0.717) is 22.1 Å². The van der Waals surface area contributed by atoms with Crippen LogP contribution in [0.3, 0.4) is 0 Å². The smallest absolute Gasteiger partial charge is 0.209 e. The molecular formula is C16H15FN4OS. The van der Waals surface area contributed by atoms with Crippen molar-refractivity contribution in [2.45, 2.75) is 19.0 Å². The van der Waals surface area contributed by atoms with Crippen molar-refractivity contribution in [1.82, 2.24) is 20.2 Å². The van der Waals surface area contributed by atoms with Gasteiger partial charge in [-0.1, -0.05) is 23.9 Å². The molecule has 23 heavy (non-hydrogen) atoms. The summed E-state index contributed by atoms with van der Waals surface area (Å²) in [5.41, 5.74) is 2.85. The van der Waals surface area contributed by atoms with Gasteiger partial charge < -0.3 is 4.98 Å². The van der Waals surface area contributed by atoms with Gasteiger partial charge >= 0.3 is 0 Å². The summed E-state index contributed by atoms with van der Waals surface area (Å²) in [4.78, 5) is 19.6. The number of aryl methyl sites for hydroxylation is 2. The molecule has 1 aromatic carbocycles. The molecule has 0 saturated carbocycles. The third kappa shape index (κ3) is 3.34. The molecule has 7 heteroatoms. The van der Waals surface area contributed by atoms with Gasteiger partial charge in [-0.15, -0.1) is 5.10 Å². The number of aromatic nitrogens is 4. The van der Waals surface area contributed by atoms with Crippen LogP contribution in [0.15, 0.2) is 35.5 Å². The van der Waals surface area contributed by atoms with E-state index < -0.39 is 0 Å². The zero-order valence-corrected chi connectivity index (χ0v) is 13.5. The third-order valence-electron chi connectivity index (χ3n) is 3.38. The highest BCUT2D eigenvalue weighted by atomic mass is 32.2. The number of halogens is 1. The normalized spacial score (nSPS) is 10.9. The number of Topliss-reactive ketones (excluding diaryl/α,β-unsaturated/α-hetero) is 1. The van der Waals surface area contributed by atoms with E-state index >= 15 is 0 Å². The summed E-state index contributed by atoms with van der Waals surface area (Å²) >= 11 is 1.22. The number of nitrogens with one attached hydrogen (secondary N) is 2. The number of rotatable bonds is 5. The Balaban J connectivity index is 1.69. The van der Waals surface area contributed by atoms with E-state index in [9.17, 15) is 9.18 Å². The Morgan fingerprint density at radius 2 is 2.09 bits per heavy atom. The van der Waals surface area contributed by atoms with Gasteiger partial charge in [0.1, 0.15) is 5.82 Å². The molecular weight excluding hydrogens is 315 g/mol. The summed E-state index contributed by atoms with van der Waals surface area (Å²) in [6, 6.07) is 8.17. The number of hydrogen-bond acceptors (Lipinski definition) is 4. The fourth-order valence-electron chi connectivity index (χ4n) is 2.31. The number of aromatic amines is 2. The minimum absolute atomic E-state index is 0.00842. The van der Waals surface area contributed by atoms with Gasteiger partial charge in [-0.25, -0.2) is 9.37 Å². The van der Waals surface area contributed by atoms with Gasteiger partial charge in [0, 0.05) is 17.0 Å². The van der Waals surface area contributed by atoms with Crippen molar-refractivity contribution in [3.63, 3.8) is 0 Å². The molecule has 0 aliphatic carbocycles. The molecule has 0 radical (unpaired) electrons. The SMILES string of the molecule is Cc1cc(C(=O)CSc2n[nH]c(-c3ccccc3F)n2)c(C)[nH]1. The molecule has 0 saturated heterocycles. The first kappa shape index (κ1) is 15.5. The molecule has 3 aromatic rings. The zero-order chi connectivity index (χ0) is 16.4. The van der Waals surface area contributed by atoms with Crippen LogP contribution in [0.2, 0.25) is 0 Å². The highest BCUT2D eigenvalue weighted by molar-refractivity contribution is 7.99. The molecule has 2 heterocycles. The average molecular weight is 330 g/mol. The molecule has 0 aliphatic rings. The Kier molecular flexibility index (Phi) is 4.29. The van der Waals surface area contributed by atoms with Crippen molar-refractivity contribution in [2.24, 2.45) is 0 Å². The van der Waals surface area contributed by atoms with Crippen molar-refractivity contribution < 1.29 is 9.18 Å². The second kappa shape index (κ2) is 6.37. The minimum Gasteiger partial charge on any atom is -0.362 e. The predicted molar refractivity (Wildman–Crippen MR) is 87.1 cm³/mol. The summed E-state index contributed by atoms with van der Waals surface area (Å²) in [6.45, 7) is 3.78. The van der Waals surface area contributed by atoms with E-state index in [4.69, 9.17) is 0 Å². The van der Waals surface area contributed by atoms with Gasteiger partial charge in [-0.3, -0.25) is 9.89 Å². The molecule has 0 aliphatic heterocycles. The van der Waals surface area contributed by atoms with Crippen LogP contribution in [0.25, 0.3) is 11.4 Å². The Morgan fingerprint density at radius 1 is 1.30 bits per heavy atom. The van der Waals surface area contributed by atoms with Gasteiger partial charge in [0.2, 0.25) is 5.16 Å². The molecule has 0 unspecified atom stereocenters. The Hall–Kier alpha value is -2.41. The molecule has 0 spiro atoms. The number of carbonyl (C=O) groups excluding carboxylic acids is 1. The molecule has 3 rings (SSSR count). The van der Waals surface area contributed by atoms with Crippen LogP contribution in [0.1, 0.15) is 21.7 Å². The number of nitrogens with zero attached hydrogens (tertiary/aromatic N) is 2. The Labute approximate surface area is 136 Å². The van der Waals surface area contributed by atoms with Crippen LogP contribution in [-0.2, 0) is 0 Å². The Morgan fingerprint density at radius 3 is 2.78 bits per heavy atom. The summed E-state index contributed by atoms with van der Waals surface area (Å²) < 4.78 is 13.7. The monoisotopic (exact) mass is 330 g/mol. The molecule has 5 nitrogen and oxygen atoms in total. The molecule has 0 atom stereocenters. The first-order chi connectivity index (χ1) is 11.0. The molecule has 2 aromatic heterocycles. The zero-order valence-electron chi connectivity index (χ0n) is 12.7. The number of benzene rings is 1. The number of H-pyrrole nitrogens is 2. The lowest BCUT2D eigenvalue weighted by molar-refractivity contribution is 0.102. The Bertz CT molecular complexity index is 855. The van der Waals surface area contributed by atoms with E-state index in [-0.39, 0.29) is 17.4 Å². The maximum Gasteiger partial charge on any atom is 0.209 e. The van der Waals surface area contributed by atoms with Gasteiger partial charge in [0.05, 0.1) is 11.3 Å². The van der Waals surface area contributed by atoms with Gasteiger partial charge in [0.25, 0.3) is 0 Å². The lowest BCUT2D eigenvalue weighted by atomic mass is 10.2. The van der Waals surface area contributed by atoms with Gasteiger partial charge in [0.15, 0.2) is 11.6 Å². The molecule has 0 amide bonds. The van der Waals surface area contributed by atoms with Crippen LogP contribution in [0.4, 0.5) is 4.39 Å². The van der Waals surface area contributed by atoms with Crippen molar-refractivity contribution in [1.29, 1.82) is 0 Å². The second-order valence-corrected chi connectivity index (χ2v) is 6.09. The maximum absolute atomic E-state index is 13.7. The number of carbonyl (C=O) groups is 1. The van der Waals surface area contributed by atoms with Crippen LogP contribution >= 0.6 is 11.8 Å². The highest BCUT2D eigenvalue weighted by Crippen LogP contribution is 2.22. The standard InChI is InChI=1S/C16H15FN4OS/c1-9-7-12(10(2)18-9)14(22)8-23-16-19-15(20-21-16)11-5-3-4-6-13(11)17/h3-7,18H,8H2,1-2H3,(H,19,20,21). The largest absolute Gasteiger partial charge is 0.362 e. The first-order valence-electron chi connectivity index (χ1n) is 7.04. The molecule has 118 valence electrons. The van der Waals surface area contributed by atoms with Crippen molar-refractivity contribution >= 4 is 17.5 Å². The van der Waals surface area contributed by atoms with Gasteiger partial charge in [-0.2, -0.15) is 0 Å². The second-order valence-electron chi connectivity index (χ2n) is 5.15. The quantitative estimate of drug-likeness (QED) is 0.554. The van der Waals surface area contributed by atoms with Crippen LogP contribution in [-0.4, -0.2) is 31.7 Å². The lowest BCUT2D eigenvalue weighted by Crippen LogP contribution is -2.03. The fourth-order valence-corrected chi connectivity index (χ4v) is 2.99. The van der Waals surface area contributed by atoms with E-state index in [2.05, 4.69) is 20.2 Å². The van der Waals surface area contributed by atoms with Crippen LogP contribution in [0, 0.1) is 19.7 Å². The highest BCUT2D eigenvalue weighted by Gasteiger charge is 2.15. The van der Waals surface area contributed by atoms with Crippen LogP contribution < -0.4 is 0 Å². The predicted octanol–water partition coefficient (Wildman–Crippen LogP) is 3.53. The molecule has 2 N–H and O–H groups in total. The van der Waals surface area contributed by atoms with E-state index in [0.717, 1.165) is 11.4 Å². The van der Waals surface area contributed by atoms with Crippen LogP contribution in [0.5, 0.6) is 0 Å². The topological polar surface area (TPSA) is 74.4 Å². The minimum atomic E-state index is -0.366. The number of thioether (sulfide) groups is 1. The summed E-state index contributed by atoms with van der Waals surface area (Å²) in [6.07, 6.45) is 0. The van der Waals surface area contributed by atoms with Gasteiger partial charge in [-0.05, 0) is 32.0 Å². The van der Waals surface area contributed by atoms with Crippen molar-refractivity contribution in [3.8, 4) is 11.4 Å². The summed E-state index contributed by atoms with van der Waals surface area (Å²) in [5, 5.41) is 7.15. The molecule has 0 bridgehead atoms. The lowest BCUT2D eigenvalue weighted by Gasteiger charge is -1.98. The van der Waals surface area contributed by atoms with E-state index in [1.54, 1.807) is 18.2 Å². The summed E-state index contributed by atoms with van der Waals surface area (Å²) in [5.74, 6) is 0.225. The third-order valence-corrected chi connectivity index (χ3v) is 4.22. The van der Waals surface area contributed by atoms with E-state index in [1.807, 2.05) is 19.9 Å². The fraction of sp³-hybridized carbons (Fsp3) is 0.188.